The molecule has 1 aromatic carbocycles. The molecule has 128 valence electrons. The fourth-order valence-electron chi connectivity index (χ4n) is 2.10. The van der Waals surface area contributed by atoms with Gasteiger partial charge in [0.2, 0.25) is 11.6 Å². The molecule has 9 nitrogen and oxygen atoms in total. The lowest BCUT2D eigenvalue weighted by Gasteiger charge is -2.10. The van der Waals surface area contributed by atoms with Gasteiger partial charge in [0, 0.05) is 5.56 Å². The third kappa shape index (κ3) is 3.55. The summed E-state index contributed by atoms with van der Waals surface area (Å²) in [7, 11) is 1.58. The number of aromatic nitrogens is 3. The van der Waals surface area contributed by atoms with E-state index in [4.69, 9.17) is 13.9 Å². The zero-order valence-electron chi connectivity index (χ0n) is 13.4. The van der Waals surface area contributed by atoms with Crippen LogP contribution in [0.2, 0.25) is 0 Å². The highest BCUT2D eigenvalue weighted by atomic mass is 16.6. The van der Waals surface area contributed by atoms with E-state index < -0.39 is 11.0 Å². The van der Waals surface area contributed by atoms with Gasteiger partial charge in [-0.05, 0) is 53.2 Å². The van der Waals surface area contributed by atoms with Crippen LogP contribution in [0.5, 0.6) is 11.5 Å². The van der Waals surface area contributed by atoms with Gasteiger partial charge in [-0.1, -0.05) is 0 Å². The van der Waals surface area contributed by atoms with Crippen molar-refractivity contribution in [2.24, 2.45) is 0 Å². The molecule has 1 atom stereocenters. The number of rotatable bonds is 6. The number of pyridine rings is 1. The summed E-state index contributed by atoms with van der Waals surface area (Å²) in [5.74, 6) is 0.885. The maximum absolute atomic E-state index is 11.0. The molecule has 3 aromatic rings. The molecule has 3 rings (SSSR count). The third-order valence-electron chi connectivity index (χ3n) is 3.35. The van der Waals surface area contributed by atoms with Gasteiger partial charge in [-0.15, -0.1) is 10.2 Å². The van der Waals surface area contributed by atoms with Crippen LogP contribution in [0.15, 0.2) is 47.0 Å². The molecule has 25 heavy (non-hydrogen) atoms. The molecular weight excluding hydrogens is 328 g/mol. The van der Waals surface area contributed by atoms with E-state index in [1.54, 1.807) is 44.4 Å². The zero-order chi connectivity index (χ0) is 17.8. The summed E-state index contributed by atoms with van der Waals surface area (Å²) in [6.45, 7) is 1.65. The minimum Gasteiger partial charge on any atom is -0.497 e. The molecular formula is C16H14N4O5. The summed E-state index contributed by atoms with van der Waals surface area (Å²) in [5, 5.41) is 18.9. The quantitative estimate of drug-likeness (QED) is 0.495. The van der Waals surface area contributed by atoms with Crippen LogP contribution in [0.4, 0.5) is 5.82 Å². The molecule has 0 spiro atoms. The van der Waals surface area contributed by atoms with Crippen molar-refractivity contribution in [1.82, 2.24) is 15.2 Å². The Balaban J connectivity index is 1.79. The number of hydrogen-bond acceptors (Lipinski definition) is 8. The van der Waals surface area contributed by atoms with Gasteiger partial charge in [0.15, 0.2) is 6.10 Å². The van der Waals surface area contributed by atoms with E-state index in [2.05, 4.69) is 15.2 Å². The highest BCUT2D eigenvalue weighted by Crippen LogP contribution is 2.29. The van der Waals surface area contributed by atoms with E-state index in [1.807, 2.05) is 0 Å². The van der Waals surface area contributed by atoms with Crippen molar-refractivity contribution in [3.8, 4) is 23.0 Å². The maximum atomic E-state index is 11.0. The van der Waals surface area contributed by atoms with Crippen molar-refractivity contribution in [2.75, 3.05) is 7.11 Å². The Labute approximate surface area is 142 Å². The average molecular weight is 342 g/mol. The molecule has 0 amide bonds. The SMILES string of the molecule is COc1ccc(-c2nnc([C@H](C)Oc3cccnc3[N+](=O)[O-])o2)cc1. The molecule has 0 N–H and O–H groups in total. The molecule has 0 fully saturated rings. The number of benzene rings is 1. The van der Waals surface area contributed by atoms with Gasteiger partial charge in [0.1, 0.15) is 11.9 Å². The number of nitrogens with zero attached hydrogens (tertiary/aromatic N) is 4. The van der Waals surface area contributed by atoms with Crippen LogP contribution in [0.3, 0.4) is 0 Å². The minimum absolute atomic E-state index is 0.0317. The Morgan fingerprint density at radius 1 is 1.20 bits per heavy atom. The van der Waals surface area contributed by atoms with Crippen molar-refractivity contribution in [3.63, 3.8) is 0 Å². The number of hydrogen-bond donors (Lipinski definition) is 0. The summed E-state index contributed by atoms with van der Waals surface area (Å²) in [4.78, 5) is 14.1. The maximum Gasteiger partial charge on any atom is 0.406 e. The lowest BCUT2D eigenvalue weighted by atomic mass is 10.2. The summed E-state index contributed by atoms with van der Waals surface area (Å²) in [5.41, 5.74) is 0.721. The van der Waals surface area contributed by atoms with Crippen LogP contribution in [-0.2, 0) is 0 Å². The van der Waals surface area contributed by atoms with E-state index in [0.717, 1.165) is 5.56 Å². The topological polar surface area (TPSA) is 113 Å². The molecule has 0 saturated carbocycles. The monoisotopic (exact) mass is 342 g/mol. The van der Waals surface area contributed by atoms with Gasteiger partial charge in [0.25, 0.3) is 5.89 Å². The summed E-state index contributed by atoms with van der Waals surface area (Å²) >= 11 is 0. The number of nitro groups is 1. The van der Waals surface area contributed by atoms with Gasteiger partial charge in [-0.3, -0.25) is 0 Å². The number of ether oxygens (including phenoxy) is 2. The average Bonchev–Trinajstić information content (AvgIpc) is 3.12. The smallest absolute Gasteiger partial charge is 0.406 e. The molecule has 0 aliphatic carbocycles. The third-order valence-corrected chi connectivity index (χ3v) is 3.35. The second-order valence-electron chi connectivity index (χ2n) is 5.02. The van der Waals surface area contributed by atoms with E-state index >= 15 is 0 Å². The predicted molar refractivity (Wildman–Crippen MR) is 86.2 cm³/mol. The largest absolute Gasteiger partial charge is 0.497 e. The first kappa shape index (κ1) is 16.4. The summed E-state index contributed by atoms with van der Waals surface area (Å²) < 4.78 is 16.3. The molecule has 9 heteroatoms. The Bertz CT molecular complexity index is 878. The van der Waals surface area contributed by atoms with E-state index in [0.29, 0.717) is 11.6 Å². The number of methoxy groups -OCH3 is 1. The van der Waals surface area contributed by atoms with E-state index in [1.165, 1.54) is 12.3 Å². The lowest BCUT2D eigenvalue weighted by molar-refractivity contribution is -0.390. The van der Waals surface area contributed by atoms with Crippen LogP contribution in [0, 0.1) is 10.1 Å². The first-order valence-corrected chi connectivity index (χ1v) is 7.32. The second-order valence-corrected chi connectivity index (χ2v) is 5.02. The highest BCUT2D eigenvalue weighted by molar-refractivity contribution is 5.54. The molecule has 2 heterocycles. The standard InChI is InChI=1S/C16H14N4O5/c1-10(24-13-4-3-9-17-14(13)20(21)22)15-18-19-16(25-15)11-5-7-12(23-2)8-6-11/h3-10H,1-2H3/t10-/m0/s1. The van der Waals surface area contributed by atoms with Gasteiger partial charge in [0.05, 0.1) is 7.11 Å². The lowest BCUT2D eigenvalue weighted by Crippen LogP contribution is -2.06. The van der Waals surface area contributed by atoms with E-state index in [-0.39, 0.29) is 17.5 Å². The van der Waals surface area contributed by atoms with Gasteiger partial charge >= 0.3 is 5.82 Å². The Kier molecular flexibility index (Phi) is 4.55. The molecule has 0 bridgehead atoms. The van der Waals surface area contributed by atoms with Crippen molar-refractivity contribution in [1.29, 1.82) is 0 Å². The molecule has 0 radical (unpaired) electrons. The molecule has 0 saturated heterocycles. The molecule has 2 aromatic heterocycles. The van der Waals surface area contributed by atoms with Crippen LogP contribution in [-0.4, -0.2) is 27.2 Å². The minimum atomic E-state index is -0.678. The van der Waals surface area contributed by atoms with Gasteiger partial charge < -0.3 is 24.0 Å². The van der Waals surface area contributed by atoms with Crippen molar-refractivity contribution >= 4 is 5.82 Å². The molecule has 0 aliphatic heterocycles. The molecule has 0 unspecified atom stereocenters. The molecule has 0 aliphatic rings. The first-order valence-electron chi connectivity index (χ1n) is 7.32. The second kappa shape index (κ2) is 6.95. The van der Waals surface area contributed by atoms with Crippen LogP contribution in [0.25, 0.3) is 11.5 Å². The zero-order valence-corrected chi connectivity index (χ0v) is 13.4. The van der Waals surface area contributed by atoms with E-state index in [9.17, 15) is 10.1 Å². The van der Waals surface area contributed by atoms with Crippen molar-refractivity contribution in [2.45, 2.75) is 13.0 Å². The predicted octanol–water partition coefficient (Wildman–Crippen LogP) is 3.19. The van der Waals surface area contributed by atoms with Crippen molar-refractivity contribution < 1.29 is 18.8 Å². The van der Waals surface area contributed by atoms with Gasteiger partial charge in [-0.2, -0.15) is 0 Å². The van der Waals surface area contributed by atoms with Crippen LogP contribution < -0.4 is 9.47 Å². The van der Waals surface area contributed by atoms with Crippen LogP contribution in [0.1, 0.15) is 18.9 Å². The summed E-state index contributed by atoms with van der Waals surface area (Å²) in [6.07, 6.45) is 0.645. The Morgan fingerprint density at radius 3 is 2.64 bits per heavy atom. The van der Waals surface area contributed by atoms with Crippen molar-refractivity contribution in [3.05, 3.63) is 58.6 Å². The fraction of sp³-hybridized carbons (Fsp3) is 0.188. The Morgan fingerprint density at radius 2 is 1.96 bits per heavy atom. The highest BCUT2D eigenvalue weighted by Gasteiger charge is 2.22. The first-order chi connectivity index (χ1) is 12.1. The van der Waals surface area contributed by atoms with Gasteiger partial charge in [-0.25, -0.2) is 0 Å². The Hall–Kier alpha value is -3.49. The normalized spacial score (nSPS) is 11.8. The van der Waals surface area contributed by atoms with Crippen LogP contribution >= 0.6 is 0 Å². The fourth-order valence-corrected chi connectivity index (χ4v) is 2.10. The summed E-state index contributed by atoms with van der Waals surface area (Å²) in [6, 6.07) is 10.1.